The van der Waals surface area contributed by atoms with Crippen LogP contribution in [0, 0.1) is 22.7 Å². The zero-order valence-electron chi connectivity index (χ0n) is 13.6. The average Bonchev–Trinajstić information content (AvgIpc) is 2.69. The van der Waals surface area contributed by atoms with Crippen molar-refractivity contribution >= 4 is 27.2 Å². The molecule has 4 heteroatoms. The predicted octanol–water partition coefficient (Wildman–Crippen LogP) is 4.68. The van der Waals surface area contributed by atoms with Crippen molar-refractivity contribution in [3.05, 3.63) is 22.2 Å². The van der Waals surface area contributed by atoms with Gasteiger partial charge in [0.2, 0.25) is 0 Å². The van der Waals surface area contributed by atoms with E-state index in [2.05, 4.69) is 32.9 Å². The lowest BCUT2D eigenvalue weighted by atomic mass is 9.72. The van der Waals surface area contributed by atoms with Crippen LogP contribution < -0.4 is 5.73 Å². The maximum absolute atomic E-state index is 9.16. The SMILES string of the molecule is CCC(C)(C)C1CCCc2nc3sc(C#N)c(N)c3cc2C1. The van der Waals surface area contributed by atoms with Crippen LogP contribution >= 0.6 is 11.3 Å². The van der Waals surface area contributed by atoms with Crippen LogP contribution in [-0.2, 0) is 12.8 Å². The van der Waals surface area contributed by atoms with Crippen LogP contribution in [0.2, 0.25) is 0 Å². The third-order valence-electron chi connectivity index (χ3n) is 5.44. The van der Waals surface area contributed by atoms with Gasteiger partial charge in [-0.25, -0.2) is 4.98 Å². The Morgan fingerprint density at radius 1 is 1.50 bits per heavy atom. The van der Waals surface area contributed by atoms with Crippen LogP contribution in [0.5, 0.6) is 0 Å². The van der Waals surface area contributed by atoms with Gasteiger partial charge in [0.1, 0.15) is 15.8 Å². The third-order valence-corrected chi connectivity index (χ3v) is 6.46. The van der Waals surface area contributed by atoms with Crippen molar-refractivity contribution in [2.75, 3.05) is 5.73 Å². The van der Waals surface area contributed by atoms with E-state index in [9.17, 15) is 0 Å². The highest BCUT2D eigenvalue weighted by Crippen LogP contribution is 2.41. The second-order valence-electron chi connectivity index (χ2n) is 7.04. The predicted molar refractivity (Wildman–Crippen MR) is 93.0 cm³/mol. The summed E-state index contributed by atoms with van der Waals surface area (Å²) in [5.74, 6) is 0.688. The van der Waals surface area contributed by atoms with Crippen molar-refractivity contribution in [1.82, 2.24) is 4.98 Å². The standard InChI is InChI=1S/C18H23N3S/c1-4-18(2,3)12-6-5-7-14-11(8-12)9-13-16(20)15(10-19)22-17(13)21-14/h9,12H,4-8,20H2,1-3H3. The molecule has 2 aromatic heterocycles. The minimum atomic E-state index is 0.356. The van der Waals surface area contributed by atoms with E-state index in [4.69, 9.17) is 16.0 Å². The number of hydrogen-bond acceptors (Lipinski definition) is 4. The van der Waals surface area contributed by atoms with Crippen LogP contribution in [0.4, 0.5) is 5.69 Å². The number of hydrogen-bond donors (Lipinski definition) is 1. The van der Waals surface area contributed by atoms with Gasteiger partial charge in [-0.3, -0.25) is 0 Å². The van der Waals surface area contributed by atoms with Gasteiger partial charge in [-0.1, -0.05) is 27.2 Å². The molecule has 3 rings (SSSR count). The van der Waals surface area contributed by atoms with Crippen molar-refractivity contribution in [2.45, 2.75) is 52.9 Å². The van der Waals surface area contributed by atoms with Crippen molar-refractivity contribution in [1.29, 1.82) is 5.26 Å². The monoisotopic (exact) mass is 313 g/mol. The maximum Gasteiger partial charge on any atom is 0.130 e. The Morgan fingerprint density at radius 3 is 2.95 bits per heavy atom. The molecule has 2 heterocycles. The lowest BCUT2D eigenvalue weighted by Gasteiger charge is -2.33. The third kappa shape index (κ3) is 2.48. The van der Waals surface area contributed by atoms with Crippen LogP contribution in [0.25, 0.3) is 10.2 Å². The van der Waals surface area contributed by atoms with E-state index in [-0.39, 0.29) is 0 Å². The van der Waals surface area contributed by atoms with E-state index in [1.807, 2.05) is 0 Å². The Kier molecular flexibility index (Phi) is 3.86. The van der Waals surface area contributed by atoms with E-state index in [1.54, 1.807) is 0 Å². The highest BCUT2D eigenvalue weighted by Gasteiger charge is 2.30. The number of anilines is 1. The molecular weight excluding hydrogens is 290 g/mol. The molecule has 1 atom stereocenters. The Bertz CT molecular complexity index is 752. The lowest BCUT2D eigenvalue weighted by Crippen LogP contribution is -2.24. The number of rotatable bonds is 2. The van der Waals surface area contributed by atoms with E-state index >= 15 is 0 Å². The van der Waals surface area contributed by atoms with Crippen molar-refractivity contribution in [3.8, 4) is 6.07 Å². The van der Waals surface area contributed by atoms with Gasteiger partial charge < -0.3 is 5.73 Å². The summed E-state index contributed by atoms with van der Waals surface area (Å²) in [6.45, 7) is 7.03. The molecule has 0 amide bonds. The van der Waals surface area contributed by atoms with Gasteiger partial charge in [0.15, 0.2) is 0 Å². The minimum Gasteiger partial charge on any atom is -0.396 e. The van der Waals surface area contributed by atoms with Crippen LogP contribution in [0.3, 0.4) is 0 Å². The number of pyridine rings is 1. The normalized spacial score (nSPS) is 18.7. The largest absolute Gasteiger partial charge is 0.396 e. The topological polar surface area (TPSA) is 62.7 Å². The molecule has 1 aliphatic rings. The van der Waals surface area contributed by atoms with E-state index in [0.717, 1.165) is 23.1 Å². The molecular formula is C18H23N3S. The average molecular weight is 313 g/mol. The quantitative estimate of drug-likeness (QED) is 0.819. The number of nitrogens with two attached hydrogens (primary N) is 1. The summed E-state index contributed by atoms with van der Waals surface area (Å²) in [5.41, 5.74) is 9.63. The first-order valence-electron chi connectivity index (χ1n) is 8.07. The van der Waals surface area contributed by atoms with Crippen molar-refractivity contribution < 1.29 is 0 Å². The summed E-state index contributed by atoms with van der Waals surface area (Å²) in [6, 6.07) is 4.39. The number of thiophene rings is 1. The van der Waals surface area contributed by atoms with Gasteiger partial charge in [0.05, 0.1) is 5.69 Å². The van der Waals surface area contributed by atoms with Gasteiger partial charge in [-0.05, 0) is 48.6 Å². The summed E-state index contributed by atoms with van der Waals surface area (Å²) in [7, 11) is 0. The fourth-order valence-electron chi connectivity index (χ4n) is 3.43. The second kappa shape index (κ2) is 5.55. The number of fused-ring (bicyclic) bond motifs is 2. The molecule has 0 aliphatic heterocycles. The van der Waals surface area contributed by atoms with Gasteiger partial charge in [0.25, 0.3) is 0 Å². The summed E-state index contributed by atoms with van der Waals surface area (Å²) < 4.78 is 0. The van der Waals surface area contributed by atoms with Crippen molar-refractivity contribution in [3.63, 3.8) is 0 Å². The molecule has 116 valence electrons. The minimum absolute atomic E-state index is 0.356. The zero-order valence-corrected chi connectivity index (χ0v) is 14.4. The van der Waals surface area contributed by atoms with Crippen LogP contribution in [0.1, 0.15) is 56.2 Å². The summed E-state index contributed by atoms with van der Waals surface area (Å²) in [5, 5.41) is 10.1. The Hall–Kier alpha value is -1.60. The molecule has 1 unspecified atom stereocenters. The highest BCUT2D eigenvalue weighted by atomic mass is 32.1. The molecule has 0 bridgehead atoms. The molecule has 1 aliphatic carbocycles. The van der Waals surface area contributed by atoms with Crippen molar-refractivity contribution in [2.24, 2.45) is 11.3 Å². The van der Waals surface area contributed by atoms with E-state index < -0.39 is 0 Å². The first-order valence-corrected chi connectivity index (χ1v) is 8.88. The fourth-order valence-corrected chi connectivity index (χ4v) is 4.33. The lowest BCUT2D eigenvalue weighted by molar-refractivity contribution is 0.190. The summed E-state index contributed by atoms with van der Waals surface area (Å²) in [6.07, 6.45) is 5.79. The number of nitrogen functional groups attached to an aromatic ring is 1. The molecule has 0 saturated heterocycles. The van der Waals surface area contributed by atoms with Crippen LogP contribution in [0.15, 0.2) is 6.07 Å². The van der Waals surface area contributed by atoms with Gasteiger partial charge in [-0.2, -0.15) is 5.26 Å². The Labute approximate surface area is 136 Å². The summed E-state index contributed by atoms with van der Waals surface area (Å²) >= 11 is 1.42. The molecule has 2 aromatic rings. The molecule has 0 radical (unpaired) electrons. The fraction of sp³-hybridized carbons (Fsp3) is 0.556. The summed E-state index contributed by atoms with van der Waals surface area (Å²) in [4.78, 5) is 6.34. The number of aromatic nitrogens is 1. The molecule has 0 fully saturated rings. The Morgan fingerprint density at radius 2 is 2.27 bits per heavy atom. The molecule has 22 heavy (non-hydrogen) atoms. The number of nitrogens with zero attached hydrogens (tertiary/aromatic N) is 2. The highest BCUT2D eigenvalue weighted by molar-refractivity contribution is 7.19. The number of nitriles is 1. The van der Waals surface area contributed by atoms with E-state index in [1.165, 1.54) is 41.9 Å². The molecule has 0 aromatic carbocycles. The zero-order chi connectivity index (χ0) is 15.9. The van der Waals surface area contributed by atoms with Crippen LogP contribution in [-0.4, -0.2) is 4.98 Å². The van der Waals surface area contributed by atoms with Gasteiger partial charge >= 0.3 is 0 Å². The number of aryl methyl sites for hydroxylation is 1. The molecule has 2 N–H and O–H groups in total. The Balaban J connectivity index is 2.07. The first kappa shape index (κ1) is 15.3. The first-order chi connectivity index (χ1) is 10.5. The van der Waals surface area contributed by atoms with E-state index in [0.29, 0.717) is 21.9 Å². The maximum atomic E-state index is 9.16. The molecule has 3 nitrogen and oxygen atoms in total. The molecule has 0 saturated carbocycles. The second-order valence-corrected chi connectivity index (χ2v) is 8.04. The van der Waals surface area contributed by atoms with Gasteiger partial charge in [0, 0.05) is 11.1 Å². The van der Waals surface area contributed by atoms with Gasteiger partial charge in [-0.15, -0.1) is 11.3 Å². The molecule has 0 spiro atoms. The smallest absolute Gasteiger partial charge is 0.130 e.